The predicted octanol–water partition coefficient (Wildman–Crippen LogP) is 1.35. The number of rotatable bonds is 1. The van der Waals surface area contributed by atoms with E-state index in [-0.39, 0.29) is 5.97 Å². The second-order valence-electron chi connectivity index (χ2n) is 3.97. The van der Waals surface area contributed by atoms with E-state index >= 15 is 0 Å². The minimum absolute atomic E-state index is 0.338. The largest absolute Gasteiger partial charge is 0.467 e. The highest BCUT2D eigenvalue weighted by Crippen LogP contribution is 2.33. The lowest BCUT2D eigenvalue weighted by Crippen LogP contribution is -2.48. The zero-order valence-corrected chi connectivity index (χ0v) is 8.82. The fourth-order valence-corrected chi connectivity index (χ4v) is 2.26. The normalized spacial score (nSPS) is 24.4. The molecule has 1 aliphatic rings. The number of carbonyl (C=O) groups is 1. The minimum atomic E-state index is -0.941. The van der Waals surface area contributed by atoms with Crippen LogP contribution in [0.15, 0.2) is 24.3 Å². The van der Waals surface area contributed by atoms with Gasteiger partial charge in [-0.2, -0.15) is 0 Å². The Morgan fingerprint density at radius 3 is 2.93 bits per heavy atom. The lowest BCUT2D eigenvalue weighted by atomic mass is 9.77. The van der Waals surface area contributed by atoms with Gasteiger partial charge in [0, 0.05) is 0 Å². The van der Waals surface area contributed by atoms with Crippen molar-refractivity contribution >= 4 is 5.97 Å². The van der Waals surface area contributed by atoms with Gasteiger partial charge in [0.25, 0.3) is 0 Å². The Labute approximate surface area is 89.2 Å². The quantitative estimate of drug-likeness (QED) is 0.704. The Morgan fingerprint density at radius 1 is 1.47 bits per heavy atom. The van der Waals surface area contributed by atoms with E-state index in [2.05, 4.69) is 0 Å². The van der Waals surface area contributed by atoms with Crippen molar-refractivity contribution in [2.45, 2.75) is 24.8 Å². The summed E-state index contributed by atoms with van der Waals surface area (Å²) in [6, 6.07) is 7.83. The van der Waals surface area contributed by atoms with Crippen LogP contribution in [-0.2, 0) is 21.5 Å². The van der Waals surface area contributed by atoms with E-state index < -0.39 is 5.54 Å². The van der Waals surface area contributed by atoms with Crippen molar-refractivity contribution in [1.82, 2.24) is 0 Å². The zero-order chi connectivity index (χ0) is 10.9. The molecule has 0 bridgehead atoms. The average molecular weight is 205 g/mol. The first-order chi connectivity index (χ1) is 7.18. The van der Waals surface area contributed by atoms with Crippen LogP contribution in [0.4, 0.5) is 0 Å². The molecule has 0 amide bonds. The molecule has 1 atom stereocenters. The van der Waals surface area contributed by atoms with Gasteiger partial charge < -0.3 is 10.5 Å². The van der Waals surface area contributed by atoms with Crippen LogP contribution in [0.3, 0.4) is 0 Å². The van der Waals surface area contributed by atoms with E-state index in [0.29, 0.717) is 6.42 Å². The van der Waals surface area contributed by atoms with Crippen LogP contribution in [-0.4, -0.2) is 13.1 Å². The van der Waals surface area contributed by atoms with Gasteiger partial charge in [-0.3, -0.25) is 0 Å². The van der Waals surface area contributed by atoms with E-state index in [1.807, 2.05) is 24.3 Å². The van der Waals surface area contributed by atoms with Gasteiger partial charge in [-0.05, 0) is 30.4 Å². The fourth-order valence-electron chi connectivity index (χ4n) is 2.26. The fraction of sp³-hybridized carbons (Fsp3) is 0.417. The van der Waals surface area contributed by atoms with E-state index in [1.54, 1.807) is 0 Å². The second kappa shape index (κ2) is 3.66. The number of benzene rings is 1. The molecule has 0 saturated heterocycles. The van der Waals surface area contributed by atoms with Crippen molar-refractivity contribution in [2.24, 2.45) is 5.73 Å². The van der Waals surface area contributed by atoms with Crippen molar-refractivity contribution in [3.05, 3.63) is 35.4 Å². The molecule has 15 heavy (non-hydrogen) atoms. The number of esters is 1. The summed E-state index contributed by atoms with van der Waals surface area (Å²) in [6.45, 7) is 0. The van der Waals surface area contributed by atoms with Gasteiger partial charge in [-0.1, -0.05) is 24.3 Å². The van der Waals surface area contributed by atoms with Crippen molar-refractivity contribution in [2.75, 3.05) is 7.11 Å². The molecule has 1 aromatic rings. The number of nitrogens with two attached hydrogens (primary N) is 1. The Kier molecular flexibility index (Phi) is 2.49. The number of hydrogen-bond donors (Lipinski definition) is 1. The molecule has 3 heteroatoms. The summed E-state index contributed by atoms with van der Waals surface area (Å²) in [5.74, 6) is -0.338. The molecule has 0 fully saturated rings. The molecule has 0 unspecified atom stereocenters. The summed E-state index contributed by atoms with van der Waals surface area (Å²) in [4.78, 5) is 11.7. The highest BCUT2D eigenvalue weighted by atomic mass is 16.5. The number of fused-ring (bicyclic) bond motifs is 1. The lowest BCUT2D eigenvalue weighted by molar-refractivity contribution is -0.148. The Hall–Kier alpha value is -1.35. The number of hydrogen-bond acceptors (Lipinski definition) is 3. The first-order valence-corrected chi connectivity index (χ1v) is 5.14. The van der Waals surface area contributed by atoms with Crippen LogP contribution < -0.4 is 5.73 Å². The standard InChI is InChI=1S/C12H15NO2/c1-15-11(14)12(13)8-4-6-9-5-2-3-7-10(9)12/h2-3,5,7H,4,6,8,13H2,1H3/t12-/m0/s1. The molecular formula is C12H15NO2. The Morgan fingerprint density at radius 2 is 2.20 bits per heavy atom. The molecule has 2 N–H and O–H groups in total. The Bertz CT molecular complexity index is 389. The van der Waals surface area contributed by atoms with Crippen LogP contribution in [0.2, 0.25) is 0 Å². The van der Waals surface area contributed by atoms with Gasteiger partial charge in [0.2, 0.25) is 0 Å². The molecule has 1 aliphatic carbocycles. The third-order valence-corrected chi connectivity index (χ3v) is 3.06. The number of carbonyl (C=O) groups excluding carboxylic acids is 1. The van der Waals surface area contributed by atoms with Crippen molar-refractivity contribution in [3.63, 3.8) is 0 Å². The van der Waals surface area contributed by atoms with Gasteiger partial charge in [0.05, 0.1) is 7.11 Å². The van der Waals surface area contributed by atoms with Crippen molar-refractivity contribution < 1.29 is 9.53 Å². The molecule has 0 aliphatic heterocycles. The Balaban J connectivity index is 2.49. The maximum Gasteiger partial charge on any atom is 0.330 e. The number of ether oxygens (including phenoxy) is 1. The van der Waals surface area contributed by atoms with E-state index in [1.165, 1.54) is 7.11 Å². The van der Waals surface area contributed by atoms with Crippen molar-refractivity contribution in [3.8, 4) is 0 Å². The highest BCUT2D eigenvalue weighted by molar-refractivity contribution is 5.83. The summed E-state index contributed by atoms with van der Waals surface area (Å²) >= 11 is 0. The first kappa shape index (κ1) is 10.2. The van der Waals surface area contributed by atoms with E-state index in [0.717, 1.165) is 24.0 Å². The van der Waals surface area contributed by atoms with Crippen LogP contribution in [0.1, 0.15) is 24.0 Å². The molecule has 0 radical (unpaired) electrons. The van der Waals surface area contributed by atoms with E-state index in [4.69, 9.17) is 10.5 Å². The van der Waals surface area contributed by atoms with Gasteiger partial charge in [-0.15, -0.1) is 0 Å². The van der Waals surface area contributed by atoms with Crippen LogP contribution >= 0.6 is 0 Å². The topological polar surface area (TPSA) is 52.3 Å². The van der Waals surface area contributed by atoms with Crippen LogP contribution in [0, 0.1) is 0 Å². The van der Waals surface area contributed by atoms with Gasteiger partial charge >= 0.3 is 5.97 Å². The van der Waals surface area contributed by atoms with Gasteiger partial charge in [0.1, 0.15) is 5.54 Å². The van der Waals surface area contributed by atoms with Crippen LogP contribution in [0.5, 0.6) is 0 Å². The smallest absolute Gasteiger partial charge is 0.330 e. The lowest BCUT2D eigenvalue weighted by Gasteiger charge is -2.32. The zero-order valence-electron chi connectivity index (χ0n) is 8.82. The SMILES string of the molecule is COC(=O)[C@]1(N)CCCc2ccccc21. The second-order valence-corrected chi connectivity index (χ2v) is 3.97. The summed E-state index contributed by atoms with van der Waals surface area (Å²) in [7, 11) is 1.38. The summed E-state index contributed by atoms with van der Waals surface area (Å²) in [5, 5.41) is 0. The summed E-state index contributed by atoms with van der Waals surface area (Å²) in [6.07, 6.45) is 2.59. The summed E-state index contributed by atoms with van der Waals surface area (Å²) < 4.78 is 4.79. The first-order valence-electron chi connectivity index (χ1n) is 5.14. The molecule has 3 nitrogen and oxygen atoms in total. The van der Waals surface area contributed by atoms with E-state index in [9.17, 15) is 4.79 Å². The molecule has 80 valence electrons. The summed E-state index contributed by atoms with van der Waals surface area (Å²) in [5.41, 5.74) is 7.29. The number of aryl methyl sites for hydroxylation is 1. The number of methoxy groups -OCH3 is 1. The monoisotopic (exact) mass is 205 g/mol. The van der Waals surface area contributed by atoms with Gasteiger partial charge in [0.15, 0.2) is 0 Å². The van der Waals surface area contributed by atoms with Crippen molar-refractivity contribution in [1.29, 1.82) is 0 Å². The third kappa shape index (κ3) is 1.53. The molecule has 1 aromatic carbocycles. The maximum absolute atomic E-state index is 11.7. The molecule has 0 aromatic heterocycles. The molecule has 0 heterocycles. The average Bonchev–Trinajstić information content (AvgIpc) is 2.28. The highest BCUT2D eigenvalue weighted by Gasteiger charge is 2.40. The predicted molar refractivity (Wildman–Crippen MR) is 57.3 cm³/mol. The van der Waals surface area contributed by atoms with Crippen LogP contribution in [0.25, 0.3) is 0 Å². The molecule has 0 saturated carbocycles. The molecular weight excluding hydrogens is 190 g/mol. The third-order valence-electron chi connectivity index (χ3n) is 3.06. The van der Waals surface area contributed by atoms with Gasteiger partial charge in [-0.25, -0.2) is 4.79 Å². The molecule has 2 rings (SSSR count). The molecule has 0 spiro atoms. The maximum atomic E-state index is 11.7. The minimum Gasteiger partial charge on any atom is -0.467 e.